The number of methoxy groups -OCH3 is 2. The molecular formula is C16H19NO5S. The molecule has 124 valence electrons. The van der Waals surface area contributed by atoms with E-state index in [0.29, 0.717) is 5.69 Å². The molecule has 0 saturated carbocycles. The van der Waals surface area contributed by atoms with Gasteiger partial charge in [-0.25, -0.2) is 0 Å². The summed E-state index contributed by atoms with van der Waals surface area (Å²) in [5, 5.41) is 2.92. The lowest BCUT2D eigenvalue weighted by Crippen LogP contribution is -2.12. The van der Waals surface area contributed by atoms with Gasteiger partial charge in [0.2, 0.25) is 5.75 Å². The molecule has 0 atom stereocenters. The lowest BCUT2D eigenvalue weighted by atomic mass is 10.2. The Balaban J connectivity index is 2.51. The molecule has 0 aromatic heterocycles. The summed E-state index contributed by atoms with van der Waals surface area (Å²) in [5.41, 5.74) is 1.54. The van der Waals surface area contributed by atoms with Crippen molar-refractivity contribution in [1.29, 1.82) is 0 Å². The number of anilines is 1. The minimum Gasteiger partial charge on any atom is -0.493 e. The number of rotatable bonds is 6. The maximum absolute atomic E-state index is 12.5. The van der Waals surface area contributed by atoms with Gasteiger partial charge >= 0.3 is 10.1 Å². The van der Waals surface area contributed by atoms with E-state index in [1.807, 2.05) is 6.92 Å². The second-order valence-corrected chi connectivity index (χ2v) is 6.32. The van der Waals surface area contributed by atoms with Crippen molar-refractivity contribution in [2.45, 2.75) is 11.8 Å². The van der Waals surface area contributed by atoms with Crippen LogP contribution in [0.15, 0.2) is 41.3 Å². The molecular weight excluding hydrogens is 318 g/mol. The van der Waals surface area contributed by atoms with Crippen molar-refractivity contribution in [2.24, 2.45) is 0 Å². The molecule has 23 heavy (non-hydrogen) atoms. The molecule has 2 aromatic carbocycles. The van der Waals surface area contributed by atoms with Crippen LogP contribution in [0.5, 0.6) is 17.2 Å². The van der Waals surface area contributed by atoms with Crippen molar-refractivity contribution in [3.05, 3.63) is 42.0 Å². The van der Waals surface area contributed by atoms with E-state index in [1.165, 1.54) is 26.4 Å². The van der Waals surface area contributed by atoms with E-state index in [0.717, 1.165) is 5.56 Å². The minimum absolute atomic E-state index is 0.00225. The predicted molar refractivity (Wildman–Crippen MR) is 88.1 cm³/mol. The number of hydrogen-bond donors (Lipinski definition) is 1. The Morgan fingerprint density at radius 1 is 0.913 bits per heavy atom. The van der Waals surface area contributed by atoms with Crippen molar-refractivity contribution in [3.63, 3.8) is 0 Å². The zero-order valence-electron chi connectivity index (χ0n) is 13.4. The molecule has 0 fully saturated rings. The smallest absolute Gasteiger partial charge is 0.339 e. The molecule has 0 aliphatic heterocycles. The normalized spacial score (nSPS) is 11.0. The van der Waals surface area contributed by atoms with Crippen molar-refractivity contribution in [1.82, 2.24) is 0 Å². The average molecular weight is 337 g/mol. The summed E-state index contributed by atoms with van der Waals surface area (Å²) in [6.07, 6.45) is 0. The fraction of sp³-hybridized carbons (Fsp3) is 0.250. The predicted octanol–water partition coefficient (Wildman–Crippen LogP) is 2.82. The van der Waals surface area contributed by atoms with E-state index in [1.54, 1.807) is 31.3 Å². The van der Waals surface area contributed by atoms with E-state index in [4.69, 9.17) is 13.7 Å². The maximum atomic E-state index is 12.5. The quantitative estimate of drug-likeness (QED) is 0.817. The third-order valence-electron chi connectivity index (χ3n) is 3.27. The monoisotopic (exact) mass is 337 g/mol. The molecule has 0 unspecified atom stereocenters. The SMILES string of the molecule is CNc1ccc(OC)c(OS(=O)(=O)c2ccc(C)cc2)c1OC. The van der Waals surface area contributed by atoms with Crippen LogP contribution < -0.4 is 19.0 Å². The molecule has 0 heterocycles. The Labute approximate surface area is 136 Å². The van der Waals surface area contributed by atoms with E-state index >= 15 is 0 Å². The zero-order chi connectivity index (χ0) is 17.0. The fourth-order valence-corrected chi connectivity index (χ4v) is 2.99. The van der Waals surface area contributed by atoms with Crippen molar-refractivity contribution >= 4 is 15.8 Å². The Kier molecular flexibility index (Phi) is 5.00. The van der Waals surface area contributed by atoms with Gasteiger partial charge in [-0.15, -0.1) is 0 Å². The third kappa shape index (κ3) is 3.50. The number of aryl methyl sites for hydroxylation is 1. The van der Waals surface area contributed by atoms with Gasteiger partial charge in [0, 0.05) is 7.05 Å². The first kappa shape index (κ1) is 17.0. The second kappa shape index (κ2) is 6.78. The van der Waals surface area contributed by atoms with Crippen LogP contribution in [0, 0.1) is 6.92 Å². The lowest BCUT2D eigenvalue weighted by Gasteiger charge is -2.16. The molecule has 0 amide bonds. The van der Waals surface area contributed by atoms with Crippen LogP contribution in [0.4, 0.5) is 5.69 Å². The maximum Gasteiger partial charge on any atom is 0.339 e. The topological polar surface area (TPSA) is 73.9 Å². The third-order valence-corrected chi connectivity index (χ3v) is 4.51. The van der Waals surface area contributed by atoms with Gasteiger partial charge in [0.25, 0.3) is 0 Å². The van der Waals surface area contributed by atoms with Crippen molar-refractivity contribution in [3.8, 4) is 17.2 Å². The molecule has 1 N–H and O–H groups in total. The first-order valence-electron chi connectivity index (χ1n) is 6.87. The van der Waals surface area contributed by atoms with Gasteiger partial charge in [0.05, 0.1) is 19.9 Å². The molecule has 0 radical (unpaired) electrons. The molecule has 0 aliphatic rings. The van der Waals surface area contributed by atoms with Crippen LogP contribution in [-0.2, 0) is 10.1 Å². The highest BCUT2D eigenvalue weighted by atomic mass is 32.2. The Hall–Kier alpha value is -2.41. The highest BCUT2D eigenvalue weighted by Crippen LogP contribution is 2.44. The fourth-order valence-electron chi connectivity index (χ4n) is 2.05. The van der Waals surface area contributed by atoms with Gasteiger partial charge in [-0.1, -0.05) is 17.7 Å². The lowest BCUT2D eigenvalue weighted by molar-refractivity contribution is 0.361. The summed E-state index contributed by atoms with van der Waals surface area (Å²) in [6, 6.07) is 9.71. The van der Waals surface area contributed by atoms with Gasteiger partial charge in [0.1, 0.15) is 4.90 Å². The molecule has 0 saturated heterocycles. The summed E-state index contributed by atoms with van der Waals surface area (Å²) in [7, 11) is 0.550. The minimum atomic E-state index is -4.01. The summed E-state index contributed by atoms with van der Waals surface area (Å²) in [6.45, 7) is 1.87. The molecule has 2 rings (SSSR count). The highest BCUT2D eigenvalue weighted by molar-refractivity contribution is 7.87. The van der Waals surface area contributed by atoms with E-state index in [-0.39, 0.29) is 22.1 Å². The first-order chi connectivity index (χ1) is 10.9. The summed E-state index contributed by atoms with van der Waals surface area (Å²) in [5.74, 6) is 0.515. The van der Waals surface area contributed by atoms with Gasteiger partial charge < -0.3 is 19.0 Å². The van der Waals surface area contributed by atoms with Crippen LogP contribution in [-0.4, -0.2) is 29.7 Å². The Morgan fingerprint density at radius 3 is 2.09 bits per heavy atom. The average Bonchev–Trinajstić information content (AvgIpc) is 2.54. The van der Waals surface area contributed by atoms with Crippen LogP contribution in [0.25, 0.3) is 0 Å². The zero-order valence-corrected chi connectivity index (χ0v) is 14.2. The number of hydrogen-bond acceptors (Lipinski definition) is 6. The first-order valence-corrected chi connectivity index (χ1v) is 8.27. The molecule has 2 aromatic rings. The second-order valence-electron chi connectivity index (χ2n) is 4.78. The van der Waals surface area contributed by atoms with E-state index in [2.05, 4.69) is 5.32 Å². The number of ether oxygens (including phenoxy) is 2. The Morgan fingerprint density at radius 2 is 1.57 bits per heavy atom. The van der Waals surface area contributed by atoms with Gasteiger partial charge in [0.15, 0.2) is 11.5 Å². The van der Waals surface area contributed by atoms with Crippen molar-refractivity contribution < 1.29 is 22.1 Å². The van der Waals surface area contributed by atoms with Crippen LogP contribution in [0.2, 0.25) is 0 Å². The van der Waals surface area contributed by atoms with E-state index in [9.17, 15) is 8.42 Å². The van der Waals surface area contributed by atoms with Crippen molar-refractivity contribution in [2.75, 3.05) is 26.6 Å². The number of benzene rings is 2. The summed E-state index contributed by atoms with van der Waals surface area (Å²) in [4.78, 5) is 0.0575. The summed E-state index contributed by atoms with van der Waals surface area (Å²) < 4.78 is 40.8. The van der Waals surface area contributed by atoms with Gasteiger partial charge in [-0.05, 0) is 31.2 Å². The van der Waals surface area contributed by atoms with Crippen LogP contribution in [0.1, 0.15) is 5.56 Å². The van der Waals surface area contributed by atoms with E-state index < -0.39 is 10.1 Å². The molecule has 7 heteroatoms. The number of nitrogens with one attached hydrogen (secondary N) is 1. The molecule has 6 nitrogen and oxygen atoms in total. The standard InChI is InChI=1S/C16H19NO5S/c1-11-5-7-12(8-6-11)23(18,19)22-16-14(20-3)10-9-13(17-2)15(16)21-4/h5-10,17H,1-4H3. The largest absolute Gasteiger partial charge is 0.493 e. The molecule has 0 spiro atoms. The molecule has 0 aliphatic carbocycles. The van der Waals surface area contributed by atoms with Crippen LogP contribution >= 0.6 is 0 Å². The highest BCUT2D eigenvalue weighted by Gasteiger charge is 2.24. The van der Waals surface area contributed by atoms with Crippen LogP contribution in [0.3, 0.4) is 0 Å². The Bertz CT molecular complexity index is 785. The van der Waals surface area contributed by atoms with Gasteiger partial charge in [-0.3, -0.25) is 0 Å². The summed E-state index contributed by atoms with van der Waals surface area (Å²) >= 11 is 0. The van der Waals surface area contributed by atoms with Gasteiger partial charge in [-0.2, -0.15) is 8.42 Å². The molecule has 0 bridgehead atoms.